The second kappa shape index (κ2) is 7.46. The number of anilines is 2. The Hall–Kier alpha value is -2.97. The molecule has 0 bridgehead atoms. The molecular formula is C21H16N2O4S2. The summed E-state index contributed by atoms with van der Waals surface area (Å²) < 4.78 is 0.348. The van der Waals surface area contributed by atoms with Gasteiger partial charge in [-0.1, -0.05) is 67.3 Å². The van der Waals surface area contributed by atoms with Gasteiger partial charge in [-0.25, -0.2) is 0 Å². The lowest BCUT2D eigenvalue weighted by molar-refractivity contribution is -0.136. The maximum Gasteiger partial charge on any atom is 0.323 e. The Morgan fingerprint density at radius 1 is 1.03 bits per heavy atom. The molecule has 0 spiro atoms. The largest absolute Gasteiger partial charge is 0.480 e. The number of hydrogen-bond donors (Lipinski definition) is 1. The van der Waals surface area contributed by atoms with Gasteiger partial charge >= 0.3 is 5.97 Å². The van der Waals surface area contributed by atoms with Gasteiger partial charge in [-0.05, 0) is 24.1 Å². The Labute approximate surface area is 176 Å². The zero-order valence-corrected chi connectivity index (χ0v) is 17.0. The van der Waals surface area contributed by atoms with Crippen molar-refractivity contribution in [3.8, 4) is 0 Å². The topological polar surface area (TPSA) is 77.9 Å². The summed E-state index contributed by atoms with van der Waals surface area (Å²) in [6, 6.07) is 14.4. The number of carbonyl (C=O) groups is 3. The Morgan fingerprint density at radius 3 is 2.38 bits per heavy atom. The van der Waals surface area contributed by atoms with Crippen LogP contribution < -0.4 is 9.80 Å². The number of benzene rings is 2. The highest BCUT2D eigenvalue weighted by atomic mass is 32.2. The molecule has 1 saturated heterocycles. The number of aryl methyl sites for hydroxylation is 1. The third-order valence-corrected chi connectivity index (χ3v) is 6.20. The van der Waals surface area contributed by atoms with Crippen molar-refractivity contribution in [1.29, 1.82) is 0 Å². The molecule has 1 fully saturated rings. The van der Waals surface area contributed by atoms with E-state index in [9.17, 15) is 19.5 Å². The molecule has 2 aliphatic rings. The summed E-state index contributed by atoms with van der Waals surface area (Å²) >= 11 is 6.55. The van der Waals surface area contributed by atoms with E-state index in [0.717, 1.165) is 23.7 Å². The average Bonchev–Trinajstić information content (AvgIpc) is 3.14. The fourth-order valence-electron chi connectivity index (χ4n) is 3.55. The first-order valence-corrected chi connectivity index (χ1v) is 10.2. The monoisotopic (exact) mass is 424 g/mol. The van der Waals surface area contributed by atoms with Crippen LogP contribution in [0.2, 0.25) is 0 Å². The van der Waals surface area contributed by atoms with Gasteiger partial charge in [-0.15, -0.1) is 0 Å². The summed E-state index contributed by atoms with van der Waals surface area (Å²) in [5.74, 6) is -1.99. The summed E-state index contributed by atoms with van der Waals surface area (Å²) in [6.45, 7) is 1.52. The highest BCUT2D eigenvalue weighted by Gasteiger charge is 2.43. The maximum atomic E-state index is 13.3. The van der Waals surface area contributed by atoms with E-state index in [0.29, 0.717) is 21.3 Å². The van der Waals surface area contributed by atoms with Crippen LogP contribution in [0.1, 0.15) is 18.1 Å². The summed E-state index contributed by atoms with van der Waals surface area (Å²) in [6.07, 6.45) is 0.729. The second-order valence-corrected chi connectivity index (χ2v) is 8.14. The quantitative estimate of drug-likeness (QED) is 0.598. The molecule has 2 aromatic rings. The van der Waals surface area contributed by atoms with Gasteiger partial charge in [0.05, 0.1) is 21.9 Å². The van der Waals surface area contributed by atoms with Crippen molar-refractivity contribution in [3.63, 3.8) is 0 Å². The molecular weight excluding hydrogens is 408 g/mol. The fourth-order valence-corrected chi connectivity index (χ4v) is 4.90. The van der Waals surface area contributed by atoms with Crippen LogP contribution in [0.5, 0.6) is 0 Å². The third-order valence-electron chi connectivity index (χ3n) is 4.83. The van der Waals surface area contributed by atoms with Gasteiger partial charge in [-0.3, -0.25) is 24.2 Å². The molecule has 0 saturated carbocycles. The molecule has 2 aliphatic heterocycles. The van der Waals surface area contributed by atoms with Crippen LogP contribution in [0, 0.1) is 0 Å². The lowest BCUT2D eigenvalue weighted by atomic mass is 10.1. The molecule has 0 radical (unpaired) electrons. The van der Waals surface area contributed by atoms with E-state index in [1.165, 1.54) is 9.80 Å². The summed E-state index contributed by atoms with van der Waals surface area (Å²) in [7, 11) is 0. The summed E-state index contributed by atoms with van der Waals surface area (Å²) in [5, 5.41) is 9.20. The number of carboxylic acids is 1. The predicted molar refractivity (Wildman–Crippen MR) is 117 cm³/mol. The van der Waals surface area contributed by atoms with Gasteiger partial charge in [0.2, 0.25) is 0 Å². The minimum atomic E-state index is -1.13. The molecule has 0 unspecified atom stereocenters. The van der Waals surface area contributed by atoms with Crippen molar-refractivity contribution in [2.24, 2.45) is 0 Å². The Balaban J connectivity index is 1.84. The van der Waals surface area contributed by atoms with Crippen LogP contribution in [0.4, 0.5) is 11.4 Å². The molecule has 0 aromatic heterocycles. The summed E-state index contributed by atoms with van der Waals surface area (Å²) in [5.41, 5.74) is 2.91. The number of fused-ring (bicyclic) bond motifs is 1. The first-order chi connectivity index (χ1) is 13.9. The number of carbonyl (C=O) groups excluding carboxylic acids is 2. The van der Waals surface area contributed by atoms with Crippen molar-refractivity contribution < 1.29 is 19.5 Å². The number of carboxylic acid groups (broad SMARTS) is 1. The number of thioether (sulfide) groups is 1. The molecule has 6 nitrogen and oxygen atoms in total. The fraction of sp³-hybridized carbons (Fsp3) is 0.143. The van der Waals surface area contributed by atoms with E-state index in [2.05, 4.69) is 0 Å². The molecule has 0 aliphatic carbocycles. The van der Waals surface area contributed by atoms with Crippen molar-refractivity contribution >= 4 is 63.0 Å². The smallest absolute Gasteiger partial charge is 0.323 e. The van der Waals surface area contributed by atoms with Gasteiger partial charge in [0, 0.05) is 5.56 Å². The van der Waals surface area contributed by atoms with Gasteiger partial charge in [0.15, 0.2) is 4.32 Å². The average molecular weight is 425 g/mol. The minimum absolute atomic E-state index is 0.204. The zero-order chi connectivity index (χ0) is 20.7. The Morgan fingerprint density at radius 2 is 1.69 bits per heavy atom. The minimum Gasteiger partial charge on any atom is -0.480 e. The van der Waals surface area contributed by atoms with Gasteiger partial charge in [0.25, 0.3) is 11.8 Å². The van der Waals surface area contributed by atoms with Crippen molar-refractivity contribution in [2.75, 3.05) is 16.3 Å². The highest BCUT2D eigenvalue weighted by Crippen LogP contribution is 2.45. The molecule has 0 atom stereocenters. The lowest BCUT2D eigenvalue weighted by Gasteiger charge is -2.18. The van der Waals surface area contributed by atoms with Crippen molar-refractivity contribution in [3.05, 3.63) is 64.6 Å². The molecule has 8 heteroatoms. The number of rotatable bonds is 4. The van der Waals surface area contributed by atoms with E-state index in [1.807, 2.05) is 31.2 Å². The van der Waals surface area contributed by atoms with Crippen LogP contribution in [0.15, 0.2) is 53.4 Å². The van der Waals surface area contributed by atoms with E-state index in [-0.39, 0.29) is 16.4 Å². The van der Waals surface area contributed by atoms with E-state index >= 15 is 0 Å². The Bertz CT molecular complexity index is 1110. The number of nitrogens with zero attached hydrogens (tertiary/aromatic N) is 2. The predicted octanol–water partition coefficient (Wildman–Crippen LogP) is 3.46. The standard InChI is InChI=1S/C21H16N2O4S2/c1-2-12-7-3-5-9-14(12)23-20(27)18(29-21(23)28)17-13-8-4-6-10-15(13)22(19(17)26)11-16(24)25/h3-10H,2,11H2,1H3,(H,24,25). The molecule has 146 valence electrons. The molecule has 1 N–H and O–H groups in total. The van der Waals surface area contributed by atoms with Gasteiger partial charge in [-0.2, -0.15) is 0 Å². The molecule has 2 aromatic carbocycles. The lowest BCUT2D eigenvalue weighted by Crippen LogP contribution is -2.33. The first kappa shape index (κ1) is 19.4. The van der Waals surface area contributed by atoms with Gasteiger partial charge < -0.3 is 5.11 Å². The molecule has 4 rings (SSSR count). The number of amides is 2. The first-order valence-electron chi connectivity index (χ1n) is 8.95. The zero-order valence-electron chi connectivity index (χ0n) is 15.4. The molecule has 2 heterocycles. The van der Waals surface area contributed by atoms with E-state index < -0.39 is 18.4 Å². The third kappa shape index (κ3) is 3.14. The van der Waals surface area contributed by atoms with Crippen LogP contribution >= 0.6 is 24.0 Å². The summed E-state index contributed by atoms with van der Waals surface area (Å²) in [4.78, 5) is 40.5. The normalized spacial score (nSPS) is 18.6. The number of thiocarbonyl (C=S) groups is 1. The van der Waals surface area contributed by atoms with Crippen LogP contribution in [-0.2, 0) is 20.8 Å². The maximum absolute atomic E-state index is 13.3. The highest BCUT2D eigenvalue weighted by molar-refractivity contribution is 8.27. The van der Waals surface area contributed by atoms with Gasteiger partial charge in [0.1, 0.15) is 6.54 Å². The number of para-hydroxylation sites is 2. The Kier molecular flexibility index (Phi) is 4.97. The number of hydrogen-bond acceptors (Lipinski definition) is 5. The molecule has 29 heavy (non-hydrogen) atoms. The van der Waals surface area contributed by atoms with E-state index in [1.54, 1.807) is 24.3 Å². The van der Waals surface area contributed by atoms with E-state index in [4.69, 9.17) is 12.2 Å². The molecule has 2 amide bonds. The van der Waals surface area contributed by atoms with Crippen LogP contribution in [0.25, 0.3) is 5.57 Å². The van der Waals surface area contributed by atoms with Crippen molar-refractivity contribution in [1.82, 2.24) is 0 Å². The van der Waals surface area contributed by atoms with Crippen LogP contribution in [0.3, 0.4) is 0 Å². The SMILES string of the molecule is CCc1ccccc1N1C(=O)C(=C2C(=O)N(CC(=O)O)c3ccccc32)SC1=S. The number of aliphatic carboxylic acids is 1. The van der Waals surface area contributed by atoms with Crippen LogP contribution in [-0.4, -0.2) is 33.8 Å². The second-order valence-electron chi connectivity index (χ2n) is 6.50. The van der Waals surface area contributed by atoms with Crippen molar-refractivity contribution in [2.45, 2.75) is 13.3 Å².